The third kappa shape index (κ3) is 6.28. The van der Waals surface area contributed by atoms with Crippen molar-refractivity contribution in [1.82, 2.24) is 10.0 Å². The van der Waals surface area contributed by atoms with Crippen molar-refractivity contribution in [1.29, 1.82) is 0 Å². The van der Waals surface area contributed by atoms with E-state index in [0.717, 1.165) is 11.1 Å². The summed E-state index contributed by atoms with van der Waals surface area (Å²) in [4.78, 5) is 13.2. The van der Waals surface area contributed by atoms with Gasteiger partial charge in [-0.25, -0.2) is 8.42 Å². The topological polar surface area (TPSA) is 93.7 Å². The van der Waals surface area contributed by atoms with Gasteiger partial charge >= 0.3 is 0 Å². The number of para-hydroxylation sites is 1. The first-order valence-corrected chi connectivity index (χ1v) is 12.4. The summed E-state index contributed by atoms with van der Waals surface area (Å²) in [5, 5.41) is 3.13. The van der Waals surface area contributed by atoms with Gasteiger partial charge in [-0.05, 0) is 43.2 Å². The van der Waals surface area contributed by atoms with Crippen molar-refractivity contribution in [2.45, 2.75) is 30.3 Å². The van der Waals surface area contributed by atoms with Gasteiger partial charge in [0.1, 0.15) is 22.4 Å². The van der Waals surface area contributed by atoms with Crippen LogP contribution in [0.1, 0.15) is 24.1 Å². The molecule has 0 aliphatic rings. The number of rotatable bonds is 10. The zero-order chi connectivity index (χ0) is 24.7. The number of carbonyl (C=O) groups excluding carboxylic acids is 1. The molecule has 0 aromatic heterocycles. The Labute approximate surface area is 205 Å². The van der Waals surface area contributed by atoms with Gasteiger partial charge in [0.2, 0.25) is 15.9 Å². The molecule has 9 heteroatoms. The highest BCUT2D eigenvalue weighted by Gasteiger charge is 2.29. The molecule has 0 bridgehead atoms. The van der Waals surface area contributed by atoms with E-state index in [1.54, 1.807) is 13.2 Å². The highest BCUT2D eigenvalue weighted by Crippen LogP contribution is 2.28. The molecule has 0 radical (unpaired) electrons. The number of sulfonamides is 1. The summed E-state index contributed by atoms with van der Waals surface area (Å²) in [6.07, 6.45) is 0.146. The summed E-state index contributed by atoms with van der Waals surface area (Å²) in [5.41, 5.74) is 1.57. The number of carbonyl (C=O) groups is 1. The fraction of sp³-hybridized carbons (Fsp3) is 0.240. The van der Waals surface area contributed by atoms with Crippen molar-refractivity contribution >= 4 is 27.5 Å². The molecule has 3 aromatic carbocycles. The van der Waals surface area contributed by atoms with Crippen molar-refractivity contribution in [2.24, 2.45) is 0 Å². The van der Waals surface area contributed by atoms with Gasteiger partial charge in [-0.2, -0.15) is 4.72 Å². The summed E-state index contributed by atoms with van der Waals surface area (Å²) in [7, 11) is -1.23. The second-order valence-corrected chi connectivity index (χ2v) is 9.75. The number of hydrogen-bond acceptors (Lipinski definition) is 5. The third-order valence-electron chi connectivity index (χ3n) is 5.28. The molecular formula is C25H27ClN2O5S. The van der Waals surface area contributed by atoms with Crippen molar-refractivity contribution < 1.29 is 22.7 Å². The van der Waals surface area contributed by atoms with Crippen LogP contribution in [0.25, 0.3) is 0 Å². The zero-order valence-electron chi connectivity index (χ0n) is 19.1. The molecule has 2 N–H and O–H groups in total. The standard InChI is InChI=1S/C25H27ClN2O5S/c1-17(20-11-7-8-12-22(20)32-2)27-25(29)21(15-18-9-5-4-6-10-18)28-34(30,31)24-16-19(26)13-14-23(24)33-3/h4-14,16-17,21,28H,15H2,1-3H3,(H,27,29). The molecule has 2 atom stereocenters. The molecule has 180 valence electrons. The number of nitrogens with one attached hydrogen (secondary N) is 2. The van der Waals surface area contributed by atoms with Gasteiger partial charge in [-0.3, -0.25) is 4.79 Å². The Hall–Kier alpha value is -3.07. The monoisotopic (exact) mass is 502 g/mol. The van der Waals surface area contributed by atoms with Gasteiger partial charge < -0.3 is 14.8 Å². The zero-order valence-corrected chi connectivity index (χ0v) is 20.7. The SMILES string of the molecule is COc1ccccc1C(C)NC(=O)C(Cc1ccccc1)NS(=O)(=O)c1cc(Cl)ccc1OC. The molecule has 1 amide bonds. The van der Waals surface area contributed by atoms with Gasteiger partial charge in [-0.15, -0.1) is 0 Å². The van der Waals surface area contributed by atoms with Crippen LogP contribution in [0, 0.1) is 0 Å². The Balaban J connectivity index is 1.91. The highest BCUT2D eigenvalue weighted by molar-refractivity contribution is 7.89. The second-order valence-electron chi connectivity index (χ2n) is 7.63. The molecule has 3 rings (SSSR count). The van der Waals surface area contributed by atoms with Crippen LogP contribution < -0.4 is 19.5 Å². The average Bonchev–Trinajstić information content (AvgIpc) is 2.84. The lowest BCUT2D eigenvalue weighted by atomic mass is 10.0. The van der Waals surface area contributed by atoms with Crippen molar-refractivity contribution in [3.8, 4) is 11.5 Å². The number of ether oxygens (including phenoxy) is 2. The van der Waals surface area contributed by atoms with Crippen LogP contribution in [-0.2, 0) is 21.2 Å². The largest absolute Gasteiger partial charge is 0.496 e. The minimum absolute atomic E-state index is 0.123. The minimum Gasteiger partial charge on any atom is -0.496 e. The van der Waals surface area contributed by atoms with Crippen molar-refractivity contribution in [2.75, 3.05) is 14.2 Å². The number of benzene rings is 3. The Morgan fingerprint density at radius 2 is 1.59 bits per heavy atom. The van der Waals surface area contributed by atoms with Gasteiger partial charge in [0.15, 0.2) is 0 Å². The predicted molar refractivity (Wildman–Crippen MR) is 132 cm³/mol. The van der Waals surface area contributed by atoms with Gasteiger partial charge in [-0.1, -0.05) is 60.1 Å². The molecule has 3 aromatic rings. The van der Waals surface area contributed by atoms with Crippen molar-refractivity contribution in [3.05, 3.63) is 88.9 Å². The van der Waals surface area contributed by atoms with E-state index in [-0.39, 0.29) is 22.1 Å². The molecule has 34 heavy (non-hydrogen) atoms. The van der Waals surface area contributed by atoms with E-state index < -0.39 is 28.0 Å². The summed E-state index contributed by atoms with van der Waals surface area (Å²) >= 11 is 6.04. The first-order chi connectivity index (χ1) is 16.2. The Morgan fingerprint density at radius 3 is 2.26 bits per heavy atom. The Kier molecular flexibility index (Phi) is 8.55. The maximum atomic E-state index is 13.3. The summed E-state index contributed by atoms with van der Waals surface area (Å²) in [5.74, 6) is 0.268. The minimum atomic E-state index is -4.15. The lowest BCUT2D eigenvalue weighted by Crippen LogP contribution is -2.48. The van der Waals surface area contributed by atoms with E-state index in [0.29, 0.717) is 5.75 Å². The molecule has 0 aliphatic carbocycles. The lowest BCUT2D eigenvalue weighted by Gasteiger charge is -2.23. The maximum Gasteiger partial charge on any atom is 0.245 e. The molecule has 0 aliphatic heterocycles. The van der Waals surface area contributed by atoms with E-state index in [1.807, 2.05) is 55.5 Å². The van der Waals surface area contributed by atoms with Gasteiger partial charge in [0, 0.05) is 10.6 Å². The molecule has 0 spiro atoms. The lowest BCUT2D eigenvalue weighted by molar-refractivity contribution is -0.123. The quantitative estimate of drug-likeness (QED) is 0.435. The third-order valence-corrected chi connectivity index (χ3v) is 7.00. The molecule has 2 unspecified atom stereocenters. The fourth-order valence-electron chi connectivity index (χ4n) is 3.56. The Bertz CT molecular complexity index is 1240. The average molecular weight is 503 g/mol. The molecular weight excluding hydrogens is 476 g/mol. The van der Waals surface area contributed by atoms with E-state index in [9.17, 15) is 13.2 Å². The first-order valence-electron chi connectivity index (χ1n) is 10.6. The Morgan fingerprint density at radius 1 is 0.941 bits per heavy atom. The maximum absolute atomic E-state index is 13.3. The summed E-state index contributed by atoms with van der Waals surface area (Å²) in [6, 6.07) is 19.3. The van der Waals surface area contributed by atoms with Crippen LogP contribution in [0.2, 0.25) is 5.02 Å². The molecule has 0 heterocycles. The van der Waals surface area contributed by atoms with Gasteiger partial charge in [0.25, 0.3) is 0 Å². The highest BCUT2D eigenvalue weighted by atomic mass is 35.5. The van der Waals surface area contributed by atoms with Crippen LogP contribution in [0.5, 0.6) is 11.5 Å². The number of hydrogen-bond donors (Lipinski definition) is 2. The van der Waals surface area contributed by atoms with E-state index in [2.05, 4.69) is 10.0 Å². The van der Waals surface area contributed by atoms with Crippen LogP contribution in [0.4, 0.5) is 0 Å². The van der Waals surface area contributed by atoms with E-state index in [4.69, 9.17) is 21.1 Å². The fourth-order valence-corrected chi connectivity index (χ4v) is 5.19. The van der Waals surface area contributed by atoms with Crippen LogP contribution in [-0.4, -0.2) is 34.6 Å². The van der Waals surface area contributed by atoms with Crippen LogP contribution in [0.3, 0.4) is 0 Å². The number of halogens is 1. The van der Waals surface area contributed by atoms with Crippen LogP contribution in [0.15, 0.2) is 77.7 Å². The summed E-state index contributed by atoms with van der Waals surface area (Å²) < 4.78 is 39.7. The first kappa shape index (κ1) is 25.6. The van der Waals surface area contributed by atoms with E-state index in [1.165, 1.54) is 25.3 Å². The summed E-state index contributed by atoms with van der Waals surface area (Å²) in [6.45, 7) is 1.81. The van der Waals surface area contributed by atoms with Crippen LogP contribution >= 0.6 is 11.6 Å². The molecule has 7 nitrogen and oxygen atoms in total. The molecule has 0 saturated heterocycles. The molecule has 0 saturated carbocycles. The van der Waals surface area contributed by atoms with E-state index >= 15 is 0 Å². The van der Waals surface area contributed by atoms with Crippen molar-refractivity contribution in [3.63, 3.8) is 0 Å². The number of methoxy groups -OCH3 is 2. The molecule has 0 fully saturated rings. The number of amides is 1. The smallest absolute Gasteiger partial charge is 0.245 e. The van der Waals surface area contributed by atoms with Gasteiger partial charge in [0.05, 0.1) is 20.3 Å². The predicted octanol–water partition coefficient (Wildman–Crippen LogP) is 4.12. The normalized spacial score (nSPS) is 13.1. The second kappa shape index (κ2) is 11.4.